The topological polar surface area (TPSA) is 64.1 Å². The minimum atomic E-state index is 0.120. The van der Waals surface area contributed by atoms with Crippen LogP contribution in [0, 0.1) is 0 Å². The summed E-state index contributed by atoms with van der Waals surface area (Å²) in [6.07, 6.45) is 12.5. The van der Waals surface area contributed by atoms with Crippen LogP contribution in [0.4, 0.5) is 0 Å². The second kappa shape index (κ2) is 8.83. The first kappa shape index (κ1) is 18.4. The van der Waals surface area contributed by atoms with Gasteiger partial charge in [0.25, 0.3) is 0 Å². The monoisotopic (exact) mass is 375 g/mol. The Bertz CT molecular complexity index is 916. The van der Waals surface area contributed by atoms with Crippen molar-refractivity contribution in [2.75, 3.05) is 0 Å². The number of fused-ring (bicyclic) bond motifs is 1. The Labute approximate surface area is 165 Å². The Morgan fingerprint density at radius 2 is 1.86 bits per heavy atom. The number of benzene rings is 1. The lowest BCUT2D eigenvalue weighted by Crippen LogP contribution is -2.39. The van der Waals surface area contributed by atoms with E-state index in [0.29, 0.717) is 6.42 Å². The summed E-state index contributed by atoms with van der Waals surface area (Å²) in [5.74, 6) is 1.04. The molecule has 1 saturated carbocycles. The van der Waals surface area contributed by atoms with E-state index in [9.17, 15) is 4.79 Å². The first-order valence-electron chi connectivity index (χ1n) is 9.95. The second-order valence-electron chi connectivity index (χ2n) is 7.37. The summed E-state index contributed by atoms with van der Waals surface area (Å²) >= 11 is 0. The van der Waals surface area contributed by atoms with Gasteiger partial charge in [0.15, 0.2) is 0 Å². The molecular formula is C23H25N3O2. The van der Waals surface area contributed by atoms with Crippen LogP contribution in [0.5, 0.6) is 5.75 Å². The van der Waals surface area contributed by atoms with Crippen LogP contribution in [0.15, 0.2) is 61.2 Å². The van der Waals surface area contributed by atoms with Crippen LogP contribution >= 0.6 is 0 Å². The number of hydrogen-bond donors (Lipinski definition) is 1. The maximum absolute atomic E-state index is 12.2. The molecule has 1 N–H and O–H groups in total. The van der Waals surface area contributed by atoms with Crippen molar-refractivity contribution in [2.45, 2.75) is 50.7 Å². The van der Waals surface area contributed by atoms with Gasteiger partial charge in [0, 0.05) is 48.0 Å². The van der Waals surface area contributed by atoms with Crippen molar-refractivity contribution in [3.8, 4) is 5.75 Å². The second-order valence-corrected chi connectivity index (χ2v) is 7.37. The van der Waals surface area contributed by atoms with E-state index in [0.717, 1.165) is 54.2 Å². The van der Waals surface area contributed by atoms with Crippen LogP contribution in [0.1, 0.15) is 37.7 Å². The molecule has 4 rings (SSSR count). The SMILES string of the molecule is O=C(CCc1cccnc1)NC1CCC(Oc2cccc3cnccc23)CC1. The van der Waals surface area contributed by atoms with Crippen molar-refractivity contribution in [2.24, 2.45) is 0 Å². The van der Waals surface area contributed by atoms with Crippen molar-refractivity contribution < 1.29 is 9.53 Å². The summed E-state index contributed by atoms with van der Waals surface area (Å²) < 4.78 is 6.28. The van der Waals surface area contributed by atoms with Crippen molar-refractivity contribution >= 4 is 16.7 Å². The Hall–Kier alpha value is -2.95. The molecule has 1 aliphatic carbocycles. The molecule has 144 valence electrons. The lowest BCUT2D eigenvalue weighted by molar-refractivity contribution is -0.122. The third-order valence-corrected chi connectivity index (χ3v) is 5.34. The summed E-state index contributed by atoms with van der Waals surface area (Å²) in [7, 11) is 0. The number of pyridine rings is 2. The van der Waals surface area contributed by atoms with Gasteiger partial charge in [-0.15, -0.1) is 0 Å². The molecular weight excluding hydrogens is 350 g/mol. The lowest BCUT2D eigenvalue weighted by Gasteiger charge is -2.30. The predicted octanol–water partition coefficient (Wildman–Crippen LogP) is 4.07. The molecule has 0 bridgehead atoms. The van der Waals surface area contributed by atoms with E-state index < -0.39 is 0 Å². The molecule has 1 amide bonds. The van der Waals surface area contributed by atoms with Gasteiger partial charge in [0.05, 0.1) is 6.10 Å². The third kappa shape index (κ3) is 4.66. The number of aryl methyl sites for hydroxylation is 1. The van der Waals surface area contributed by atoms with Gasteiger partial charge in [-0.05, 0) is 55.9 Å². The molecule has 1 fully saturated rings. The van der Waals surface area contributed by atoms with Gasteiger partial charge in [0.2, 0.25) is 5.91 Å². The molecule has 0 unspecified atom stereocenters. The Balaban J connectivity index is 1.25. The summed E-state index contributed by atoms with van der Waals surface area (Å²) in [6, 6.07) is 12.2. The number of carbonyl (C=O) groups excluding carboxylic acids is 1. The number of amides is 1. The largest absolute Gasteiger partial charge is 0.490 e. The summed E-state index contributed by atoms with van der Waals surface area (Å²) in [5, 5.41) is 5.37. The highest BCUT2D eigenvalue weighted by Gasteiger charge is 2.24. The highest BCUT2D eigenvalue weighted by atomic mass is 16.5. The smallest absolute Gasteiger partial charge is 0.220 e. The summed E-state index contributed by atoms with van der Waals surface area (Å²) in [4.78, 5) is 20.5. The van der Waals surface area contributed by atoms with Crippen molar-refractivity contribution in [1.82, 2.24) is 15.3 Å². The van der Waals surface area contributed by atoms with Gasteiger partial charge >= 0.3 is 0 Å². The number of ether oxygens (including phenoxy) is 1. The summed E-state index contributed by atoms with van der Waals surface area (Å²) in [6.45, 7) is 0. The average molecular weight is 375 g/mol. The van der Waals surface area contributed by atoms with Crippen molar-refractivity contribution in [3.63, 3.8) is 0 Å². The maximum atomic E-state index is 12.2. The zero-order chi connectivity index (χ0) is 19.2. The number of carbonyl (C=O) groups is 1. The van der Waals surface area contributed by atoms with E-state index in [2.05, 4.69) is 15.3 Å². The zero-order valence-electron chi connectivity index (χ0n) is 15.9. The maximum Gasteiger partial charge on any atom is 0.220 e. The fraction of sp³-hybridized carbons (Fsp3) is 0.348. The molecule has 0 aliphatic heterocycles. The van der Waals surface area contributed by atoms with E-state index in [4.69, 9.17) is 4.74 Å². The zero-order valence-corrected chi connectivity index (χ0v) is 15.9. The molecule has 1 aromatic carbocycles. The molecule has 0 radical (unpaired) electrons. The normalized spacial score (nSPS) is 19.3. The molecule has 5 nitrogen and oxygen atoms in total. The number of hydrogen-bond acceptors (Lipinski definition) is 4. The molecule has 28 heavy (non-hydrogen) atoms. The van der Waals surface area contributed by atoms with Crippen molar-refractivity contribution in [1.29, 1.82) is 0 Å². The molecule has 3 aromatic rings. The Kier molecular flexibility index (Phi) is 5.80. The highest BCUT2D eigenvalue weighted by molar-refractivity contribution is 5.87. The molecule has 5 heteroatoms. The van der Waals surface area contributed by atoms with E-state index in [1.165, 1.54) is 0 Å². The molecule has 0 spiro atoms. The van der Waals surface area contributed by atoms with Crippen molar-refractivity contribution in [3.05, 3.63) is 66.7 Å². The number of rotatable bonds is 6. The molecule has 2 heterocycles. The first-order chi connectivity index (χ1) is 13.8. The molecule has 0 saturated heterocycles. The predicted molar refractivity (Wildman–Crippen MR) is 109 cm³/mol. The van der Waals surface area contributed by atoms with Gasteiger partial charge in [-0.25, -0.2) is 0 Å². The minimum Gasteiger partial charge on any atom is -0.490 e. The minimum absolute atomic E-state index is 0.120. The van der Waals surface area contributed by atoms with Crippen LogP contribution in [-0.2, 0) is 11.2 Å². The van der Waals surface area contributed by atoms with E-state index in [-0.39, 0.29) is 18.1 Å². The van der Waals surface area contributed by atoms with E-state index >= 15 is 0 Å². The van der Waals surface area contributed by atoms with Crippen LogP contribution in [-0.4, -0.2) is 28.0 Å². The number of nitrogens with zero attached hydrogens (tertiary/aromatic N) is 2. The quantitative estimate of drug-likeness (QED) is 0.705. The number of nitrogens with one attached hydrogen (secondary N) is 1. The summed E-state index contributed by atoms with van der Waals surface area (Å²) in [5.41, 5.74) is 1.10. The third-order valence-electron chi connectivity index (χ3n) is 5.34. The molecule has 1 aliphatic rings. The van der Waals surface area contributed by atoms with Crippen LogP contribution in [0.25, 0.3) is 10.8 Å². The van der Waals surface area contributed by atoms with Gasteiger partial charge in [0.1, 0.15) is 5.75 Å². The average Bonchev–Trinajstić information content (AvgIpc) is 2.75. The van der Waals surface area contributed by atoms with Crippen LogP contribution < -0.4 is 10.1 Å². The Morgan fingerprint density at radius 3 is 2.68 bits per heavy atom. The highest BCUT2D eigenvalue weighted by Crippen LogP contribution is 2.29. The first-order valence-corrected chi connectivity index (χ1v) is 9.95. The standard InChI is InChI=1S/C23H25N3O2/c27-23(11-6-17-3-2-13-24-15-17)26-19-7-9-20(10-8-19)28-22-5-1-4-18-16-25-14-12-21(18)22/h1-5,12-16,19-20H,6-11H2,(H,26,27). The number of aromatic nitrogens is 2. The van der Waals surface area contributed by atoms with Gasteiger partial charge in [-0.2, -0.15) is 0 Å². The van der Waals surface area contributed by atoms with E-state index in [1.807, 2.05) is 48.8 Å². The Morgan fingerprint density at radius 1 is 1.00 bits per heavy atom. The van der Waals surface area contributed by atoms with Crippen LogP contribution in [0.2, 0.25) is 0 Å². The fourth-order valence-corrected chi connectivity index (χ4v) is 3.80. The van der Waals surface area contributed by atoms with Crippen LogP contribution in [0.3, 0.4) is 0 Å². The van der Waals surface area contributed by atoms with E-state index in [1.54, 1.807) is 12.4 Å². The van der Waals surface area contributed by atoms with Gasteiger partial charge < -0.3 is 10.1 Å². The molecule has 0 atom stereocenters. The fourth-order valence-electron chi connectivity index (χ4n) is 3.80. The van der Waals surface area contributed by atoms with Gasteiger partial charge in [-0.3, -0.25) is 14.8 Å². The molecule has 2 aromatic heterocycles. The van der Waals surface area contributed by atoms with Gasteiger partial charge in [-0.1, -0.05) is 18.2 Å². The lowest BCUT2D eigenvalue weighted by atomic mass is 9.92.